The van der Waals surface area contributed by atoms with Gasteiger partial charge in [0.05, 0.1) is 5.69 Å². The van der Waals surface area contributed by atoms with E-state index in [1.807, 2.05) is 0 Å². The third-order valence-electron chi connectivity index (χ3n) is 2.08. The van der Waals surface area contributed by atoms with Crippen LogP contribution in [-0.2, 0) is 0 Å². The van der Waals surface area contributed by atoms with Crippen LogP contribution in [0.4, 0.5) is 10.1 Å². The fraction of sp³-hybridized carbons (Fsp3) is 0. The van der Waals surface area contributed by atoms with Crippen LogP contribution < -0.4 is 10.3 Å². The van der Waals surface area contributed by atoms with E-state index >= 15 is 0 Å². The second kappa shape index (κ2) is 4.53. The van der Waals surface area contributed by atoms with E-state index in [9.17, 15) is 9.18 Å². The van der Waals surface area contributed by atoms with Crippen molar-refractivity contribution >= 4 is 11.6 Å². The minimum Gasteiger partial charge on any atom is -0.322 e. The first-order valence-corrected chi connectivity index (χ1v) is 4.79. The number of aromatic amines is 1. The van der Waals surface area contributed by atoms with E-state index in [1.165, 1.54) is 24.3 Å². The number of aromatic nitrogens is 1. The fourth-order valence-corrected chi connectivity index (χ4v) is 1.27. The van der Waals surface area contributed by atoms with Gasteiger partial charge in [-0.2, -0.15) is 0 Å². The summed E-state index contributed by atoms with van der Waals surface area (Å²) in [5.74, 6) is -0.614. The Kier molecular flexibility index (Phi) is 2.91. The quantitative estimate of drug-likeness (QED) is 0.820. The van der Waals surface area contributed by atoms with Crippen molar-refractivity contribution in [1.29, 1.82) is 0 Å². The Bertz CT molecular complexity index is 482. The van der Waals surface area contributed by atoms with Crippen molar-refractivity contribution in [2.75, 3.05) is 5.32 Å². The maximum Gasteiger partial charge on any atom is 0.255 e. The summed E-state index contributed by atoms with van der Waals surface area (Å²) in [6.45, 7) is 0. The number of halogens is 1. The van der Waals surface area contributed by atoms with Crippen LogP contribution >= 0.6 is 0 Å². The number of benzene rings is 1. The molecule has 0 radical (unpaired) electrons. The van der Waals surface area contributed by atoms with Crippen LogP contribution in [-0.4, -0.2) is 5.91 Å². The Hall–Kier alpha value is -2.23. The molecule has 0 aliphatic carbocycles. The van der Waals surface area contributed by atoms with Crippen molar-refractivity contribution in [3.05, 3.63) is 60.2 Å². The highest BCUT2D eigenvalue weighted by atomic mass is 19.1. The SMILES string of the molecule is O=C(Nc1cc[nH+]cc1)c1ccc(F)cc1. The molecule has 0 atom stereocenters. The van der Waals surface area contributed by atoms with Crippen LogP contribution in [0.3, 0.4) is 0 Å². The second-order valence-corrected chi connectivity index (χ2v) is 3.25. The number of hydrogen-bond donors (Lipinski definition) is 1. The average Bonchev–Trinajstić information content (AvgIpc) is 2.31. The summed E-state index contributed by atoms with van der Waals surface area (Å²) in [5, 5.41) is 2.70. The maximum atomic E-state index is 12.6. The molecule has 3 nitrogen and oxygen atoms in total. The molecule has 1 heterocycles. The molecule has 0 fully saturated rings. The van der Waals surface area contributed by atoms with Gasteiger partial charge in [-0.05, 0) is 24.3 Å². The zero-order valence-corrected chi connectivity index (χ0v) is 8.41. The first-order valence-electron chi connectivity index (χ1n) is 4.79. The molecule has 0 spiro atoms. The molecule has 0 bridgehead atoms. The summed E-state index contributed by atoms with van der Waals surface area (Å²) in [7, 11) is 0. The molecule has 0 saturated heterocycles. The number of carbonyl (C=O) groups is 1. The highest BCUT2D eigenvalue weighted by molar-refractivity contribution is 6.04. The summed E-state index contributed by atoms with van der Waals surface area (Å²) in [6, 6.07) is 8.88. The molecule has 80 valence electrons. The van der Waals surface area contributed by atoms with Gasteiger partial charge in [0, 0.05) is 17.7 Å². The van der Waals surface area contributed by atoms with Crippen LogP contribution in [0.25, 0.3) is 0 Å². The number of H-pyrrole nitrogens is 1. The lowest BCUT2D eigenvalue weighted by atomic mass is 10.2. The molecule has 1 amide bonds. The van der Waals surface area contributed by atoms with Gasteiger partial charge in [0.1, 0.15) is 5.82 Å². The molecule has 16 heavy (non-hydrogen) atoms. The summed E-state index contributed by atoms with van der Waals surface area (Å²) in [4.78, 5) is 14.5. The number of hydrogen-bond acceptors (Lipinski definition) is 1. The van der Waals surface area contributed by atoms with E-state index < -0.39 is 0 Å². The first-order chi connectivity index (χ1) is 7.75. The van der Waals surface area contributed by atoms with Gasteiger partial charge >= 0.3 is 0 Å². The van der Waals surface area contributed by atoms with Gasteiger partial charge in [-0.3, -0.25) is 4.79 Å². The number of nitrogens with one attached hydrogen (secondary N) is 2. The molecule has 2 N–H and O–H groups in total. The molecular formula is C12H10FN2O+. The van der Waals surface area contributed by atoms with Crippen LogP contribution in [0.2, 0.25) is 0 Å². The summed E-state index contributed by atoms with van der Waals surface area (Å²) in [5.41, 5.74) is 1.11. The van der Waals surface area contributed by atoms with Crippen LogP contribution in [0, 0.1) is 5.82 Å². The van der Waals surface area contributed by atoms with Gasteiger partial charge in [-0.1, -0.05) is 0 Å². The predicted molar refractivity (Wildman–Crippen MR) is 57.4 cm³/mol. The Morgan fingerprint density at radius 2 is 1.69 bits per heavy atom. The van der Waals surface area contributed by atoms with Crippen molar-refractivity contribution in [2.24, 2.45) is 0 Å². The van der Waals surface area contributed by atoms with E-state index in [2.05, 4.69) is 10.3 Å². The maximum absolute atomic E-state index is 12.6. The van der Waals surface area contributed by atoms with Gasteiger partial charge in [-0.15, -0.1) is 0 Å². The van der Waals surface area contributed by atoms with Crippen molar-refractivity contribution < 1.29 is 14.2 Å². The van der Waals surface area contributed by atoms with Crippen LogP contribution in [0.15, 0.2) is 48.8 Å². The topological polar surface area (TPSA) is 43.2 Å². The molecule has 0 aliphatic heterocycles. The highest BCUT2D eigenvalue weighted by Gasteiger charge is 2.05. The number of carbonyl (C=O) groups excluding carboxylic acids is 1. The molecule has 0 saturated carbocycles. The second-order valence-electron chi connectivity index (χ2n) is 3.25. The van der Waals surface area contributed by atoms with Crippen molar-refractivity contribution in [3.63, 3.8) is 0 Å². The van der Waals surface area contributed by atoms with Crippen molar-refractivity contribution in [1.82, 2.24) is 0 Å². The lowest BCUT2D eigenvalue weighted by Crippen LogP contribution is -2.12. The van der Waals surface area contributed by atoms with Gasteiger partial charge in [-0.25, -0.2) is 9.37 Å². The number of anilines is 1. The molecule has 1 aromatic carbocycles. The molecule has 0 unspecified atom stereocenters. The van der Waals surface area contributed by atoms with Crippen molar-refractivity contribution in [3.8, 4) is 0 Å². The van der Waals surface area contributed by atoms with Gasteiger partial charge in [0.15, 0.2) is 12.4 Å². The third-order valence-corrected chi connectivity index (χ3v) is 2.08. The monoisotopic (exact) mass is 217 g/mol. The highest BCUT2D eigenvalue weighted by Crippen LogP contribution is 2.07. The summed E-state index contributed by atoms with van der Waals surface area (Å²) < 4.78 is 12.6. The minimum atomic E-state index is -0.356. The number of rotatable bonds is 2. The third kappa shape index (κ3) is 2.42. The largest absolute Gasteiger partial charge is 0.322 e. The standard InChI is InChI=1S/C12H9FN2O/c13-10-3-1-9(2-4-10)12(16)15-11-5-7-14-8-6-11/h1-8H,(H,14,15,16)/p+1. The van der Waals surface area contributed by atoms with Gasteiger partial charge < -0.3 is 5.32 Å². The lowest BCUT2D eigenvalue weighted by molar-refractivity contribution is -0.377. The van der Waals surface area contributed by atoms with Crippen molar-refractivity contribution in [2.45, 2.75) is 0 Å². The van der Waals surface area contributed by atoms with Gasteiger partial charge in [0.25, 0.3) is 5.91 Å². The van der Waals surface area contributed by atoms with E-state index in [0.717, 1.165) is 0 Å². The van der Waals surface area contributed by atoms with E-state index in [1.54, 1.807) is 24.5 Å². The number of amides is 1. The zero-order valence-electron chi connectivity index (χ0n) is 8.41. The molecule has 2 aromatic rings. The Labute approximate surface area is 92.0 Å². The van der Waals surface area contributed by atoms with Gasteiger partial charge in [0.2, 0.25) is 0 Å². The molecule has 1 aromatic heterocycles. The Morgan fingerprint density at radius 3 is 2.31 bits per heavy atom. The summed E-state index contributed by atoms with van der Waals surface area (Å²) in [6.07, 6.45) is 3.42. The zero-order chi connectivity index (χ0) is 11.4. The van der Waals surface area contributed by atoms with E-state index in [0.29, 0.717) is 11.3 Å². The van der Waals surface area contributed by atoms with E-state index in [4.69, 9.17) is 0 Å². The minimum absolute atomic E-state index is 0.258. The van der Waals surface area contributed by atoms with Crippen LogP contribution in [0.5, 0.6) is 0 Å². The average molecular weight is 217 g/mol. The molecule has 0 aliphatic rings. The van der Waals surface area contributed by atoms with E-state index in [-0.39, 0.29) is 11.7 Å². The smallest absolute Gasteiger partial charge is 0.255 e. The first kappa shape index (κ1) is 10.3. The lowest BCUT2D eigenvalue weighted by Gasteiger charge is -2.03. The van der Waals surface area contributed by atoms with Crippen LogP contribution in [0.1, 0.15) is 10.4 Å². The fourth-order valence-electron chi connectivity index (χ4n) is 1.27. The normalized spacial score (nSPS) is 9.81. The molecule has 4 heteroatoms. The Balaban J connectivity index is 2.12. The summed E-state index contributed by atoms with van der Waals surface area (Å²) >= 11 is 0. The molecule has 2 rings (SSSR count). The molecular weight excluding hydrogens is 207 g/mol. The Morgan fingerprint density at radius 1 is 1.06 bits per heavy atom. The predicted octanol–water partition coefficient (Wildman–Crippen LogP) is 1.89. The number of pyridine rings is 1.